The number of hydrogen-bond donors (Lipinski definition) is 1. The lowest BCUT2D eigenvalue weighted by Crippen LogP contribution is -2.30. The molecule has 1 aliphatic heterocycles. The van der Waals surface area contributed by atoms with Crippen LogP contribution >= 0.6 is 0 Å². The summed E-state index contributed by atoms with van der Waals surface area (Å²) in [5, 5.41) is 13.9. The number of hydrogen-bond acceptors (Lipinski definition) is 6. The van der Waals surface area contributed by atoms with Crippen LogP contribution in [0, 0.1) is 0 Å². The second kappa shape index (κ2) is 8.14. The summed E-state index contributed by atoms with van der Waals surface area (Å²) in [5.41, 5.74) is 3.33. The molecule has 1 N–H and O–H groups in total. The maximum Gasteiger partial charge on any atom is 0.253 e. The van der Waals surface area contributed by atoms with Crippen LogP contribution in [0.2, 0.25) is 0 Å². The van der Waals surface area contributed by atoms with Crippen molar-refractivity contribution in [1.29, 1.82) is 0 Å². The average Bonchev–Trinajstić information content (AvgIpc) is 3.28. The van der Waals surface area contributed by atoms with E-state index in [1.54, 1.807) is 11.9 Å². The van der Waals surface area contributed by atoms with Gasteiger partial charge in [0.1, 0.15) is 18.1 Å². The average molecular weight is 391 g/mol. The van der Waals surface area contributed by atoms with Crippen LogP contribution in [0.3, 0.4) is 0 Å². The van der Waals surface area contributed by atoms with Crippen LogP contribution < -0.4 is 9.47 Å². The molecule has 29 heavy (non-hydrogen) atoms. The topological polar surface area (TPSA) is 93.2 Å². The van der Waals surface area contributed by atoms with Gasteiger partial charge in [0, 0.05) is 24.7 Å². The van der Waals surface area contributed by atoms with Gasteiger partial charge in [-0.2, -0.15) is 5.21 Å². The number of carbonyl (C=O) groups is 1. The molecule has 148 valence electrons. The number of carbonyl (C=O) groups excluding carboxylic acids is 1. The Bertz CT molecular complexity index is 1030. The Morgan fingerprint density at radius 3 is 2.79 bits per heavy atom. The summed E-state index contributed by atoms with van der Waals surface area (Å²) < 4.78 is 11.3. The predicted octanol–water partition coefficient (Wildman–Crippen LogP) is 2.70. The predicted molar refractivity (Wildman–Crippen MR) is 107 cm³/mol. The van der Waals surface area contributed by atoms with E-state index < -0.39 is 0 Å². The zero-order chi connectivity index (χ0) is 20.2. The Balaban J connectivity index is 1.46. The van der Waals surface area contributed by atoms with Crippen LogP contribution in [0.15, 0.2) is 48.0 Å². The van der Waals surface area contributed by atoms with E-state index in [2.05, 4.69) is 20.6 Å². The summed E-state index contributed by atoms with van der Waals surface area (Å²) in [6.45, 7) is 3.25. The number of aromatic nitrogens is 4. The first-order valence-corrected chi connectivity index (χ1v) is 9.32. The molecule has 1 amide bonds. The minimum absolute atomic E-state index is 0.0697. The first-order chi connectivity index (χ1) is 14.1. The van der Waals surface area contributed by atoms with E-state index in [1.165, 1.54) is 0 Å². The maximum absolute atomic E-state index is 12.9. The molecule has 2 heterocycles. The molecule has 8 heteroatoms. The highest BCUT2D eigenvalue weighted by molar-refractivity contribution is 5.99. The summed E-state index contributed by atoms with van der Waals surface area (Å²) in [7, 11) is 1.78. The van der Waals surface area contributed by atoms with Crippen LogP contribution in [0.4, 0.5) is 0 Å². The molecule has 0 spiro atoms. The smallest absolute Gasteiger partial charge is 0.253 e. The zero-order valence-corrected chi connectivity index (χ0v) is 16.3. The van der Waals surface area contributed by atoms with Crippen molar-refractivity contribution in [2.45, 2.75) is 13.5 Å². The number of fused-ring (bicyclic) bond motifs is 1. The normalized spacial score (nSPS) is 12.6. The van der Waals surface area contributed by atoms with Gasteiger partial charge in [0.05, 0.1) is 12.2 Å². The summed E-state index contributed by atoms with van der Waals surface area (Å²) >= 11 is 0. The highest BCUT2D eigenvalue weighted by Crippen LogP contribution is 2.30. The summed E-state index contributed by atoms with van der Waals surface area (Å²) in [4.78, 5) is 14.6. The Morgan fingerprint density at radius 1 is 1.24 bits per heavy atom. The number of tetrazole rings is 1. The number of amides is 1. The van der Waals surface area contributed by atoms with Gasteiger partial charge in [-0.05, 0) is 42.0 Å². The second-order valence-corrected chi connectivity index (χ2v) is 6.68. The maximum atomic E-state index is 12.9. The number of nitrogens with one attached hydrogen (secondary N) is 1. The fourth-order valence-corrected chi connectivity index (χ4v) is 3.17. The number of rotatable bonds is 6. The van der Waals surface area contributed by atoms with Gasteiger partial charge in [-0.15, -0.1) is 10.2 Å². The highest BCUT2D eigenvalue weighted by Gasteiger charge is 2.21. The molecule has 1 aliphatic rings. The van der Waals surface area contributed by atoms with Gasteiger partial charge in [-0.1, -0.05) is 24.3 Å². The molecule has 4 rings (SSSR count). The molecule has 0 aliphatic carbocycles. The monoisotopic (exact) mass is 391 g/mol. The summed E-state index contributed by atoms with van der Waals surface area (Å²) in [5.74, 6) is 1.98. The van der Waals surface area contributed by atoms with E-state index in [9.17, 15) is 4.79 Å². The van der Waals surface area contributed by atoms with Crippen molar-refractivity contribution in [3.8, 4) is 22.9 Å². The van der Waals surface area contributed by atoms with Crippen molar-refractivity contribution in [1.82, 2.24) is 25.5 Å². The molecule has 0 radical (unpaired) electrons. The zero-order valence-electron chi connectivity index (χ0n) is 16.3. The molecule has 0 saturated carbocycles. The van der Waals surface area contributed by atoms with Crippen molar-refractivity contribution in [2.24, 2.45) is 0 Å². The van der Waals surface area contributed by atoms with Crippen molar-refractivity contribution in [3.63, 3.8) is 0 Å². The lowest BCUT2D eigenvalue weighted by atomic mass is 10.1. The number of H-pyrrole nitrogens is 1. The van der Waals surface area contributed by atoms with E-state index in [0.717, 1.165) is 28.2 Å². The minimum atomic E-state index is -0.0697. The largest absolute Gasteiger partial charge is 0.494 e. The SMILES string of the molecule is CCOc1ccc2c(c1)C=C(C(=O)N(C)Cc1ccc(-c3nn[nH]n3)cc1)CO2. The standard InChI is InChI=1S/C21H21N5O3/c1-3-28-18-8-9-19-16(11-18)10-17(13-29-19)21(27)26(2)12-14-4-6-15(7-5-14)20-22-24-25-23-20/h4-11H,3,12-13H2,1-2H3,(H,22,23,24,25). The fraction of sp³-hybridized carbons (Fsp3) is 0.238. The van der Waals surface area contributed by atoms with E-state index >= 15 is 0 Å². The van der Waals surface area contributed by atoms with Crippen LogP contribution in [0.5, 0.6) is 11.5 Å². The first kappa shape index (κ1) is 18.7. The molecule has 0 fully saturated rings. The Morgan fingerprint density at radius 2 is 2.07 bits per heavy atom. The molecule has 8 nitrogen and oxygen atoms in total. The summed E-state index contributed by atoms with van der Waals surface area (Å²) in [6.07, 6.45) is 1.87. The number of nitrogens with zero attached hydrogens (tertiary/aromatic N) is 4. The number of benzene rings is 2. The molecule has 0 unspecified atom stereocenters. The third-order valence-corrected chi connectivity index (χ3v) is 4.60. The van der Waals surface area contributed by atoms with Gasteiger partial charge in [-0.25, -0.2) is 0 Å². The van der Waals surface area contributed by atoms with Gasteiger partial charge in [-0.3, -0.25) is 4.79 Å². The first-order valence-electron chi connectivity index (χ1n) is 9.32. The van der Waals surface area contributed by atoms with Gasteiger partial charge < -0.3 is 14.4 Å². The van der Waals surface area contributed by atoms with Gasteiger partial charge in [0.25, 0.3) is 5.91 Å². The Kier molecular flexibility index (Phi) is 5.24. The van der Waals surface area contributed by atoms with Crippen molar-refractivity contribution in [2.75, 3.05) is 20.3 Å². The van der Waals surface area contributed by atoms with Crippen molar-refractivity contribution in [3.05, 3.63) is 59.2 Å². The van der Waals surface area contributed by atoms with Gasteiger partial charge in [0.2, 0.25) is 5.82 Å². The third-order valence-electron chi connectivity index (χ3n) is 4.60. The van der Waals surface area contributed by atoms with E-state index in [-0.39, 0.29) is 12.5 Å². The third kappa shape index (κ3) is 4.11. The van der Waals surface area contributed by atoms with Crippen LogP contribution in [0.1, 0.15) is 18.1 Å². The molecule has 0 saturated heterocycles. The minimum Gasteiger partial charge on any atom is -0.494 e. The molecule has 2 aromatic carbocycles. The summed E-state index contributed by atoms with van der Waals surface area (Å²) in [6, 6.07) is 13.3. The number of ether oxygens (including phenoxy) is 2. The number of aromatic amines is 1. The fourth-order valence-electron chi connectivity index (χ4n) is 3.17. The quantitative estimate of drug-likeness (QED) is 0.694. The molecule has 0 atom stereocenters. The van der Waals surface area contributed by atoms with Crippen molar-refractivity contribution < 1.29 is 14.3 Å². The molecule has 0 bridgehead atoms. The van der Waals surface area contributed by atoms with Crippen molar-refractivity contribution >= 4 is 12.0 Å². The van der Waals surface area contributed by atoms with Gasteiger partial charge >= 0.3 is 0 Å². The molecule has 1 aromatic heterocycles. The van der Waals surface area contributed by atoms with E-state index in [1.807, 2.05) is 55.5 Å². The van der Waals surface area contributed by atoms with E-state index in [0.29, 0.717) is 24.5 Å². The highest BCUT2D eigenvalue weighted by atomic mass is 16.5. The Hall–Kier alpha value is -3.68. The molecular weight excluding hydrogens is 370 g/mol. The van der Waals surface area contributed by atoms with Crippen LogP contribution in [0.25, 0.3) is 17.5 Å². The Labute approximate surface area is 168 Å². The van der Waals surface area contributed by atoms with E-state index in [4.69, 9.17) is 9.47 Å². The van der Waals surface area contributed by atoms with Gasteiger partial charge in [0.15, 0.2) is 0 Å². The number of likely N-dealkylation sites (N-methyl/N-ethyl adjacent to an activating group) is 1. The lowest BCUT2D eigenvalue weighted by Gasteiger charge is -2.23. The second-order valence-electron chi connectivity index (χ2n) is 6.68. The molecule has 3 aromatic rings. The lowest BCUT2D eigenvalue weighted by molar-refractivity contribution is -0.126. The van der Waals surface area contributed by atoms with Crippen LogP contribution in [-0.2, 0) is 11.3 Å². The molecular formula is C21H21N5O3. The van der Waals surface area contributed by atoms with Crippen LogP contribution in [-0.4, -0.2) is 51.7 Å².